The van der Waals surface area contributed by atoms with Crippen molar-refractivity contribution in [3.8, 4) is 0 Å². The molecule has 3 heteroatoms. The summed E-state index contributed by atoms with van der Waals surface area (Å²) >= 11 is 0. The first-order valence-corrected chi connectivity index (χ1v) is 7.90. The van der Waals surface area contributed by atoms with Gasteiger partial charge in [-0.25, -0.2) is 0 Å². The summed E-state index contributed by atoms with van der Waals surface area (Å²) in [6, 6.07) is 10.2. The van der Waals surface area contributed by atoms with Gasteiger partial charge in [-0.05, 0) is 51.6 Å². The maximum absolute atomic E-state index is 3.54. The Labute approximate surface area is 124 Å². The molecule has 1 aromatic carbocycles. The van der Waals surface area contributed by atoms with Gasteiger partial charge in [0, 0.05) is 37.4 Å². The van der Waals surface area contributed by atoms with Crippen LogP contribution >= 0.6 is 0 Å². The molecule has 1 aliphatic rings. The van der Waals surface area contributed by atoms with Crippen molar-refractivity contribution in [3.05, 3.63) is 29.8 Å². The van der Waals surface area contributed by atoms with Crippen molar-refractivity contribution in [2.75, 3.05) is 38.1 Å². The molecule has 20 heavy (non-hydrogen) atoms. The van der Waals surface area contributed by atoms with Crippen molar-refractivity contribution in [1.29, 1.82) is 0 Å². The highest BCUT2D eigenvalue weighted by molar-refractivity contribution is 5.48. The monoisotopic (exact) mass is 275 g/mol. The topological polar surface area (TPSA) is 18.5 Å². The van der Waals surface area contributed by atoms with E-state index in [1.165, 1.54) is 17.7 Å². The van der Waals surface area contributed by atoms with E-state index in [4.69, 9.17) is 0 Å². The Morgan fingerprint density at radius 1 is 1.25 bits per heavy atom. The van der Waals surface area contributed by atoms with E-state index in [0.717, 1.165) is 26.2 Å². The lowest BCUT2D eigenvalue weighted by molar-refractivity contribution is 0.234. The van der Waals surface area contributed by atoms with Gasteiger partial charge >= 0.3 is 0 Å². The Morgan fingerprint density at radius 3 is 2.55 bits per heavy atom. The minimum atomic E-state index is 0.440. The van der Waals surface area contributed by atoms with Crippen molar-refractivity contribution >= 4 is 5.69 Å². The summed E-state index contributed by atoms with van der Waals surface area (Å²) in [4.78, 5) is 4.93. The zero-order valence-corrected chi connectivity index (χ0v) is 13.4. The van der Waals surface area contributed by atoms with Gasteiger partial charge in [0.05, 0.1) is 0 Å². The SMILES string of the molecule is CCCNC(C)c1ccc(N2CCN(C)C(C)C2)cc1. The molecule has 2 rings (SSSR count). The molecule has 1 aliphatic heterocycles. The second kappa shape index (κ2) is 7.09. The number of hydrogen-bond acceptors (Lipinski definition) is 3. The molecule has 0 bridgehead atoms. The summed E-state index contributed by atoms with van der Waals surface area (Å²) in [6.07, 6.45) is 1.18. The highest BCUT2D eigenvalue weighted by Crippen LogP contribution is 2.21. The molecule has 1 N–H and O–H groups in total. The first-order valence-electron chi connectivity index (χ1n) is 7.90. The Morgan fingerprint density at radius 2 is 1.95 bits per heavy atom. The number of anilines is 1. The van der Waals surface area contributed by atoms with Crippen LogP contribution in [0.3, 0.4) is 0 Å². The fourth-order valence-electron chi connectivity index (χ4n) is 2.74. The molecule has 2 unspecified atom stereocenters. The van der Waals surface area contributed by atoms with E-state index < -0.39 is 0 Å². The predicted molar refractivity (Wildman–Crippen MR) is 87.5 cm³/mol. The molecule has 1 heterocycles. The summed E-state index contributed by atoms with van der Waals surface area (Å²) in [5, 5.41) is 3.54. The van der Waals surface area contributed by atoms with Gasteiger partial charge < -0.3 is 15.1 Å². The number of likely N-dealkylation sites (N-methyl/N-ethyl adjacent to an activating group) is 1. The Kier molecular flexibility index (Phi) is 5.44. The van der Waals surface area contributed by atoms with Gasteiger partial charge in [-0.1, -0.05) is 19.1 Å². The molecule has 0 radical (unpaired) electrons. The fourth-order valence-corrected chi connectivity index (χ4v) is 2.74. The van der Waals surface area contributed by atoms with Crippen LogP contribution in [0.5, 0.6) is 0 Å². The lowest BCUT2D eigenvalue weighted by atomic mass is 10.1. The third kappa shape index (κ3) is 3.74. The molecule has 1 saturated heterocycles. The Hall–Kier alpha value is -1.06. The summed E-state index contributed by atoms with van der Waals surface area (Å²) in [7, 11) is 2.21. The van der Waals surface area contributed by atoms with Gasteiger partial charge in [-0.3, -0.25) is 0 Å². The van der Waals surface area contributed by atoms with Crippen LogP contribution in [0, 0.1) is 0 Å². The second-order valence-corrected chi connectivity index (χ2v) is 6.04. The molecule has 112 valence electrons. The number of benzene rings is 1. The lowest BCUT2D eigenvalue weighted by Crippen LogP contribution is -2.50. The third-order valence-corrected chi connectivity index (χ3v) is 4.42. The van der Waals surface area contributed by atoms with E-state index in [1.54, 1.807) is 0 Å². The van der Waals surface area contributed by atoms with E-state index >= 15 is 0 Å². The average molecular weight is 275 g/mol. The number of nitrogens with one attached hydrogen (secondary N) is 1. The van der Waals surface area contributed by atoms with Crippen LogP contribution in [0.15, 0.2) is 24.3 Å². The molecule has 0 spiro atoms. The molecule has 2 atom stereocenters. The fraction of sp³-hybridized carbons (Fsp3) is 0.647. The van der Waals surface area contributed by atoms with Crippen LogP contribution in [-0.4, -0.2) is 44.2 Å². The molecular formula is C17H29N3. The first-order chi connectivity index (χ1) is 9.61. The van der Waals surface area contributed by atoms with E-state index in [0.29, 0.717) is 12.1 Å². The summed E-state index contributed by atoms with van der Waals surface area (Å²) in [5.41, 5.74) is 2.74. The molecule has 3 nitrogen and oxygen atoms in total. The van der Waals surface area contributed by atoms with E-state index in [1.807, 2.05) is 0 Å². The van der Waals surface area contributed by atoms with Gasteiger partial charge in [-0.15, -0.1) is 0 Å². The van der Waals surface area contributed by atoms with Gasteiger partial charge in [0.25, 0.3) is 0 Å². The zero-order chi connectivity index (χ0) is 14.5. The van der Waals surface area contributed by atoms with Crippen molar-refractivity contribution in [2.45, 2.75) is 39.3 Å². The normalized spacial score (nSPS) is 22.0. The zero-order valence-electron chi connectivity index (χ0n) is 13.4. The first kappa shape index (κ1) is 15.3. The molecule has 0 amide bonds. The summed E-state index contributed by atoms with van der Waals surface area (Å²) in [6.45, 7) is 11.2. The van der Waals surface area contributed by atoms with Gasteiger partial charge in [-0.2, -0.15) is 0 Å². The Bertz CT molecular complexity index is 401. The predicted octanol–water partition coefficient (Wildman–Crippen LogP) is 2.89. The van der Waals surface area contributed by atoms with E-state index in [9.17, 15) is 0 Å². The van der Waals surface area contributed by atoms with E-state index in [2.05, 4.69) is 67.2 Å². The van der Waals surface area contributed by atoms with Crippen molar-refractivity contribution in [1.82, 2.24) is 10.2 Å². The standard InChI is InChI=1S/C17H29N3/c1-5-10-18-15(3)16-6-8-17(9-7-16)20-12-11-19(4)14(2)13-20/h6-9,14-15,18H,5,10-13H2,1-4H3. The molecule has 0 aliphatic carbocycles. The smallest absolute Gasteiger partial charge is 0.0367 e. The molecule has 0 aromatic heterocycles. The minimum Gasteiger partial charge on any atom is -0.369 e. The van der Waals surface area contributed by atoms with Crippen LogP contribution in [0.1, 0.15) is 38.8 Å². The highest BCUT2D eigenvalue weighted by atomic mass is 15.3. The van der Waals surface area contributed by atoms with Crippen LogP contribution in [0.4, 0.5) is 5.69 Å². The summed E-state index contributed by atoms with van der Waals surface area (Å²) in [5.74, 6) is 0. The largest absolute Gasteiger partial charge is 0.369 e. The van der Waals surface area contributed by atoms with Gasteiger partial charge in [0.15, 0.2) is 0 Å². The van der Waals surface area contributed by atoms with Crippen LogP contribution in [-0.2, 0) is 0 Å². The molecule has 0 saturated carbocycles. The second-order valence-electron chi connectivity index (χ2n) is 6.04. The number of piperazine rings is 1. The van der Waals surface area contributed by atoms with E-state index in [-0.39, 0.29) is 0 Å². The quantitative estimate of drug-likeness (QED) is 0.891. The average Bonchev–Trinajstić information content (AvgIpc) is 2.48. The van der Waals surface area contributed by atoms with Gasteiger partial charge in [0.2, 0.25) is 0 Å². The third-order valence-electron chi connectivity index (χ3n) is 4.42. The number of hydrogen-bond donors (Lipinski definition) is 1. The highest BCUT2D eigenvalue weighted by Gasteiger charge is 2.20. The van der Waals surface area contributed by atoms with Gasteiger partial charge in [0.1, 0.15) is 0 Å². The van der Waals surface area contributed by atoms with Crippen LogP contribution in [0.2, 0.25) is 0 Å². The Balaban J connectivity index is 1.97. The van der Waals surface area contributed by atoms with Crippen molar-refractivity contribution in [3.63, 3.8) is 0 Å². The maximum atomic E-state index is 3.54. The maximum Gasteiger partial charge on any atom is 0.0367 e. The number of rotatable bonds is 5. The lowest BCUT2D eigenvalue weighted by Gasteiger charge is -2.39. The summed E-state index contributed by atoms with van der Waals surface area (Å²) < 4.78 is 0. The van der Waals surface area contributed by atoms with Crippen LogP contribution in [0.25, 0.3) is 0 Å². The van der Waals surface area contributed by atoms with Crippen LogP contribution < -0.4 is 10.2 Å². The van der Waals surface area contributed by atoms with Crippen molar-refractivity contribution in [2.24, 2.45) is 0 Å². The molecular weight excluding hydrogens is 246 g/mol. The molecule has 1 fully saturated rings. The number of nitrogens with zero attached hydrogens (tertiary/aromatic N) is 2. The minimum absolute atomic E-state index is 0.440. The molecule has 1 aromatic rings. The van der Waals surface area contributed by atoms with Crippen molar-refractivity contribution < 1.29 is 0 Å².